The van der Waals surface area contributed by atoms with E-state index in [-0.39, 0.29) is 12.0 Å². The van der Waals surface area contributed by atoms with Crippen LogP contribution in [-0.4, -0.2) is 55.0 Å². The number of anilines is 2. The topological polar surface area (TPSA) is 104 Å². The summed E-state index contributed by atoms with van der Waals surface area (Å²) in [5.41, 5.74) is 5.55. The highest BCUT2D eigenvalue weighted by molar-refractivity contribution is 5.32. The minimum absolute atomic E-state index is 0.136. The molecule has 0 radical (unpaired) electrons. The summed E-state index contributed by atoms with van der Waals surface area (Å²) < 4.78 is 15.4. The Hall–Kier alpha value is -1.67. The van der Waals surface area contributed by atoms with Gasteiger partial charge in [-0.3, -0.25) is 0 Å². The number of rotatable bonds is 10. The van der Waals surface area contributed by atoms with Gasteiger partial charge in [0.25, 0.3) is 0 Å². The van der Waals surface area contributed by atoms with Gasteiger partial charge < -0.3 is 25.3 Å². The van der Waals surface area contributed by atoms with Gasteiger partial charge in [-0.25, -0.2) is 0 Å². The first-order chi connectivity index (χ1) is 9.26. The Labute approximate surface area is 112 Å². The Morgan fingerprint density at radius 3 is 2.74 bits per heavy atom. The van der Waals surface area contributed by atoms with Gasteiger partial charge >= 0.3 is 6.01 Å². The van der Waals surface area contributed by atoms with Crippen LogP contribution in [-0.2, 0) is 9.47 Å². The number of nitrogen functional groups attached to an aromatic ring is 1. The Kier molecular flexibility index (Phi) is 7.52. The summed E-state index contributed by atoms with van der Waals surface area (Å²) in [6.07, 6.45) is 0.833. The number of nitrogens with zero attached hydrogens (tertiary/aromatic N) is 3. The molecule has 108 valence electrons. The molecule has 19 heavy (non-hydrogen) atoms. The standard InChI is InChI=1S/C11H21N5O3/c1-3-19-11-15-9(12)14-10(16-11)13-5-4-6-18-8-7-17-2/h3-8H2,1-2H3,(H3,12,13,14,15,16). The average molecular weight is 271 g/mol. The highest BCUT2D eigenvalue weighted by Gasteiger charge is 2.04. The summed E-state index contributed by atoms with van der Waals surface area (Å²) in [6, 6.07) is 0.230. The third-order valence-corrected chi connectivity index (χ3v) is 2.09. The maximum atomic E-state index is 5.55. The smallest absolute Gasteiger partial charge is 0.323 e. The zero-order valence-electron chi connectivity index (χ0n) is 11.4. The maximum absolute atomic E-state index is 5.55. The fourth-order valence-electron chi connectivity index (χ4n) is 1.26. The molecule has 8 nitrogen and oxygen atoms in total. The van der Waals surface area contributed by atoms with E-state index in [1.807, 2.05) is 6.92 Å². The molecule has 3 N–H and O–H groups in total. The average Bonchev–Trinajstić information content (AvgIpc) is 2.37. The van der Waals surface area contributed by atoms with E-state index in [2.05, 4.69) is 20.3 Å². The molecule has 1 aromatic heterocycles. The normalized spacial score (nSPS) is 10.4. The van der Waals surface area contributed by atoms with Gasteiger partial charge in [0.1, 0.15) is 0 Å². The molecule has 0 bridgehead atoms. The van der Waals surface area contributed by atoms with Gasteiger partial charge in [0.15, 0.2) is 0 Å². The lowest BCUT2D eigenvalue weighted by atomic mass is 10.4. The van der Waals surface area contributed by atoms with E-state index in [0.717, 1.165) is 6.42 Å². The molecule has 0 aliphatic heterocycles. The van der Waals surface area contributed by atoms with Crippen LogP contribution in [0, 0.1) is 0 Å². The minimum atomic E-state index is 0.136. The first-order valence-corrected chi connectivity index (χ1v) is 6.21. The molecule has 1 heterocycles. The predicted molar refractivity (Wildman–Crippen MR) is 71.2 cm³/mol. The van der Waals surface area contributed by atoms with E-state index in [1.165, 1.54) is 0 Å². The Morgan fingerprint density at radius 1 is 1.16 bits per heavy atom. The van der Waals surface area contributed by atoms with Crippen LogP contribution >= 0.6 is 0 Å². The van der Waals surface area contributed by atoms with Crippen LogP contribution in [0.15, 0.2) is 0 Å². The predicted octanol–water partition coefficient (Wildman–Crippen LogP) is 0.318. The fraction of sp³-hybridized carbons (Fsp3) is 0.727. The molecular weight excluding hydrogens is 250 g/mol. The quantitative estimate of drug-likeness (QED) is 0.586. The van der Waals surface area contributed by atoms with Gasteiger partial charge in [-0.05, 0) is 13.3 Å². The summed E-state index contributed by atoms with van der Waals surface area (Å²) in [6.45, 7) is 4.87. The number of hydrogen-bond donors (Lipinski definition) is 2. The van der Waals surface area contributed by atoms with Crippen molar-refractivity contribution in [2.24, 2.45) is 0 Å². The monoisotopic (exact) mass is 271 g/mol. The summed E-state index contributed by atoms with van der Waals surface area (Å²) in [5.74, 6) is 0.546. The van der Waals surface area contributed by atoms with Gasteiger partial charge in [0, 0.05) is 20.3 Å². The van der Waals surface area contributed by atoms with Crippen LogP contribution in [0.3, 0.4) is 0 Å². The van der Waals surface area contributed by atoms with Crippen molar-refractivity contribution in [1.29, 1.82) is 0 Å². The summed E-state index contributed by atoms with van der Waals surface area (Å²) >= 11 is 0. The van der Waals surface area contributed by atoms with Crippen molar-refractivity contribution in [2.45, 2.75) is 13.3 Å². The van der Waals surface area contributed by atoms with E-state index < -0.39 is 0 Å². The third kappa shape index (κ3) is 6.73. The summed E-state index contributed by atoms with van der Waals surface area (Å²) in [5, 5.41) is 3.04. The van der Waals surface area contributed by atoms with E-state index in [4.69, 9.17) is 19.9 Å². The van der Waals surface area contributed by atoms with Gasteiger partial charge in [0.2, 0.25) is 11.9 Å². The third-order valence-electron chi connectivity index (χ3n) is 2.09. The minimum Gasteiger partial charge on any atom is -0.464 e. The van der Waals surface area contributed by atoms with Crippen molar-refractivity contribution in [3.05, 3.63) is 0 Å². The molecule has 0 amide bonds. The maximum Gasteiger partial charge on any atom is 0.323 e. The van der Waals surface area contributed by atoms with Gasteiger partial charge in [-0.2, -0.15) is 15.0 Å². The molecule has 0 spiro atoms. The molecule has 8 heteroatoms. The molecule has 0 saturated carbocycles. The molecule has 0 atom stereocenters. The SMILES string of the molecule is CCOc1nc(N)nc(NCCCOCCOC)n1. The Bertz CT molecular complexity index is 364. The second-order valence-electron chi connectivity index (χ2n) is 3.62. The number of methoxy groups -OCH3 is 1. The van der Waals surface area contributed by atoms with Crippen molar-refractivity contribution in [3.63, 3.8) is 0 Å². The fourth-order valence-corrected chi connectivity index (χ4v) is 1.26. The van der Waals surface area contributed by atoms with Crippen molar-refractivity contribution in [1.82, 2.24) is 15.0 Å². The van der Waals surface area contributed by atoms with Crippen LogP contribution in [0.4, 0.5) is 11.9 Å². The number of aromatic nitrogens is 3. The molecule has 1 aromatic rings. The molecule has 0 unspecified atom stereocenters. The lowest BCUT2D eigenvalue weighted by Crippen LogP contribution is -2.12. The first-order valence-electron chi connectivity index (χ1n) is 6.21. The van der Waals surface area contributed by atoms with Gasteiger partial charge in [-0.15, -0.1) is 0 Å². The van der Waals surface area contributed by atoms with Crippen LogP contribution in [0.1, 0.15) is 13.3 Å². The van der Waals surface area contributed by atoms with E-state index >= 15 is 0 Å². The largest absolute Gasteiger partial charge is 0.464 e. The van der Waals surface area contributed by atoms with Crippen molar-refractivity contribution < 1.29 is 14.2 Å². The molecular formula is C11H21N5O3. The van der Waals surface area contributed by atoms with E-state index in [0.29, 0.717) is 38.9 Å². The highest BCUT2D eigenvalue weighted by Crippen LogP contribution is 2.08. The first kappa shape index (κ1) is 15.4. The van der Waals surface area contributed by atoms with E-state index in [1.54, 1.807) is 7.11 Å². The summed E-state index contributed by atoms with van der Waals surface area (Å²) in [4.78, 5) is 11.9. The molecule has 0 saturated heterocycles. The second-order valence-corrected chi connectivity index (χ2v) is 3.62. The summed E-state index contributed by atoms with van der Waals surface area (Å²) in [7, 11) is 1.64. The van der Waals surface area contributed by atoms with Crippen LogP contribution < -0.4 is 15.8 Å². The lowest BCUT2D eigenvalue weighted by molar-refractivity contribution is 0.0705. The molecule has 0 fully saturated rings. The molecule has 1 rings (SSSR count). The zero-order chi connectivity index (χ0) is 13.9. The molecule has 0 aliphatic rings. The number of ether oxygens (including phenoxy) is 3. The van der Waals surface area contributed by atoms with Crippen LogP contribution in [0.5, 0.6) is 6.01 Å². The Morgan fingerprint density at radius 2 is 2.00 bits per heavy atom. The van der Waals surface area contributed by atoms with Gasteiger partial charge in [-0.1, -0.05) is 0 Å². The van der Waals surface area contributed by atoms with E-state index in [9.17, 15) is 0 Å². The van der Waals surface area contributed by atoms with Gasteiger partial charge in [0.05, 0.1) is 19.8 Å². The number of nitrogens with one attached hydrogen (secondary N) is 1. The van der Waals surface area contributed by atoms with Crippen LogP contribution in [0.2, 0.25) is 0 Å². The molecule has 0 aromatic carbocycles. The highest BCUT2D eigenvalue weighted by atomic mass is 16.5. The van der Waals surface area contributed by atoms with Crippen molar-refractivity contribution >= 4 is 11.9 Å². The number of hydrogen-bond acceptors (Lipinski definition) is 8. The Balaban J connectivity index is 2.25. The number of nitrogens with two attached hydrogens (primary N) is 1. The molecule has 0 aliphatic carbocycles. The van der Waals surface area contributed by atoms with Crippen molar-refractivity contribution in [3.8, 4) is 6.01 Å². The lowest BCUT2D eigenvalue weighted by Gasteiger charge is -2.07. The van der Waals surface area contributed by atoms with Crippen LogP contribution in [0.25, 0.3) is 0 Å². The van der Waals surface area contributed by atoms with Crippen molar-refractivity contribution in [2.75, 3.05) is 51.1 Å². The second kappa shape index (κ2) is 9.29. The zero-order valence-corrected chi connectivity index (χ0v) is 11.4.